The smallest absolute Gasteiger partial charge is 0.312 e. The van der Waals surface area contributed by atoms with Crippen molar-refractivity contribution in [2.24, 2.45) is 0 Å². The minimum atomic E-state index is -0.271. The molecule has 5 nitrogen and oxygen atoms in total. The maximum atomic E-state index is 12.8. The largest absolute Gasteiger partial charge is 0.460 e. The van der Waals surface area contributed by atoms with Gasteiger partial charge in [0.05, 0.1) is 17.5 Å². The molecular weight excluding hydrogens is 604 g/mol. The van der Waals surface area contributed by atoms with Gasteiger partial charge in [0.15, 0.2) is 0 Å². The van der Waals surface area contributed by atoms with Crippen LogP contribution in [0.25, 0.3) is 44.3 Å². The molecule has 8 rings (SSSR count). The highest BCUT2D eigenvalue weighted by atomic mass is 16.5. The zero-order valence-corrected chi connectivity index (χ0v) is 27.0. The number of aromatic nitrogens is 2. The molecule has 5 heteroatoms. The van der Waals surface area contributed by atoms with E-state index in [1.807, 2.05) is 54.6 Å². The summed E-state index contributed by atoms with van der Waals surface area (Å²) < 4.78 is 14.1. The Morgan fingerprint density at radius 3 is 1.98 bits per heavy atom. The molecule has 8 aromatic rings. The van der Waals surface area contributed by atoms with E-state index in [4.69, 9.17) is 14.1 Å². The molecule has 6 aromatic carbocycles. The molecule has 0 radical (unpaired) electrons. The third-order valence-corrected chi connectivity index (χ3v) is 8.93. The van der Waals surface area contributed by atoms with Crippen LogP contribution in [0.1, 0.15) is 29.1 Å². The molecule has 0 saturated heterocycles. The van der Waals surface area contributed by atoms with Crippen LogP contribution in [-0.4, -0.2) is 15.5 Å². The van der Waals surface area contributed by atoms with Gasteiger partial charge in [-0.2, -0.15) is 0 Å². The van der Waals surface area contributed by atoms with E-state index in [2.05, 4.69) is 95.6 Å². The maximum absolute atomic E-state index is 12.8. The van der Waals surface area contributed by atoms with Gasteiger partial charge < -0.3 is 13.7 Å². The van der Waals surface area contributed by atoms with Gasteiger partial charge in [-0.25, -0.2) is 4.98 Å². The molecule has 0 aliphatic heterocycles. The molecule has 2 heterocycles. The molecule has 0 saturated carbocycles. The number of aryl methyl sites for hydroxylation is 1. The number of carbonyl (C=O) groups excluding carboxylic acids is 1. The minimum absolute atomic E-state index is 0.236. The highest BCUT2D eigenvalue weighted by Gasteiger charge is 2.18. The Kier molecular flexibility index (Phi) is 8.31. The monoisotopic (exact) mass is 638 g/mol. The Bertz CT molecular complexity index is 2360. The van der Waals surface area contributed by atoms with Gasteiger partial charge in [-0.05, 0) is 58.1 Å². The third kappa shape index (κ3) is 6.52. The van der Waals surface area contributed by atoms with Gasteiger partial charge in [-0.15, -0.1) is 0 Å². The predicted octanol–water partition coefficient (Wildman–Crippen LogP) is 10.3. The molecule has 0 amide bonds. The van der Waals surface area contributed by atoms with Crippen molar-refractivity contribution in [3.05, 3.63) is 180 Å². The summed E-state index contributed by atoms with van der Waals surface area (Å²) in [4.78, 5) is 17.9. The summed E-state index contributed by atoms with van der Waals surface area (Å²) in [5.41, 5.74) is 9.62. The van der Waals surface area contributed by atoms with E-state index in [1.54, 1.807) is 12.1 Å². The van der Waals surface area contributed by atoms with Gasteiger partial charge in [0, 0.05) is 30.3 Å². The molecule has 0 aliphatic rings. The quantitative estimate of drug-likeness (QED) is 0.110. The van der Waals surface area contributed by atoms with Gasteiger partial charge in [0.25, 0.3) is 0 Å². The number of hydrogen-bond acceptors (Lipinski definition) is 4. The molecule has 0 bridgehead atoms. The Morgan fingerprint density at radius 2 is 1.24 bits per heavy atom. The number of benzene rings is 6. The van der Waals surface area contributed by atoms with Crippen LogP contribution in [-0.2, 0) is 24.2 Å². The summed E-state index contributed by atoms with van der Waals surface area (Å²) in [6.45, 7) is 0.475. The van der Waals surface area contributed by atoms with E-state index in [0.29, 0.717) is 18.7 Å². The normalized spacial score (nSPS) is 11.3. The first kappa shape index (κ1) is 30.2. The molecule has 0 aliphatic carbocycles. The lowest BCUT2D eigenvalue weighted by Gasteiger charge is -2.10. The van der Waals surface area contributed by atoms with E-state index in [0.717, 1.165) is 62.3 Å². The molecule has 238 valence electrons. The molecular formula is C44H34N2O3. The highest BCUT2D eigenvalue weighted by molar-refractivity contribution is 5.96. The number of hydrogen-bond donors (Lipinski definition) is 0. The number of nitrogens with zero attached hydrogens (tertiary/aromatic N) is 2. The Labute approximate surface area is 285 Å². The van der Waals surface area contributed by atoms with Crippen molar-refractivity contribution in [3.8, 4) is 28.0 Å². The van der Waals surface area contributed by atoms with Crippen LogP contribution in [0.2, 0.25) is 0 Å². The Balaban J connectivity index is 1.10. The molecule has 0 atom stereocenters. The second-order valence-electron chi connectivity index (χ2n) is 12.2. The van der Waals surface area contributed by atoms with Crippen LogP contribution in [0.15, 0.2) is 162 Å². The zero-order valence-electron chi connectivity index (χ0n) is 27.0. The zero-order chi connectivity index (χ0) is 33.0. The number of para-hydroxylation sites is 2. The van der Waals surface area contributed by atoms with Crippen LogP contribution in [0, 0.1) is 0 Å². The molecule has 49 heavy (non-hydrogen) atoms. The summed E-state index contributed by atoms with van der Waals surface area (Å²) >= 11 is 0. The first-order valence-electron chi connectivity index (χ1n) is 16.6. The Hall–Kier alpha value is -6.20. The predicted molar refractivity (Wildman–Crippen MR) is 196 cm³/mol. The van der Waals surface area contributed by atoms with Crippen LogP contribution < -0.4 is 4.74 Å². The third-order valence-electron chi connectivity index (χ3n) is 8.93. The summed E-state index contributed by atoms with van der Waals surface area (Å²) in [7, 11) is 0. The number of fused-ring (bicyclic) bond motifs is 2. The topological polar surface area (TPSA) is 57.3 Å². The lowest BCUT2D eigenvalue weighted by atomic mass is 9.96. The maximum Gasteiger partial charge on any atom is 0.312 e. The number of ether oxygens (including phenoxy) is 1. The molecule has 2 aromatic heterocycles. The first-order chi connectivity index (χ1) is 24.2. The summed E-state index contributed by atoms with van der Waals surface area (Å²) in [5.74, 6) is 2.16. The first-order valence-corrected chi connectivity index (χ1v) is 16.6. The van der Waals surface area contributed by atoms with Gasteiger partial charge >= 0.3 is 5.97 Å². The van der Waals surface area contributed by atoms with E-state index < -0.39 is 0 Å². The van der Waals surface area contributed by atoms with Crippen molar-refractivity contribution < 1.29 is 13.9 Å². The lowest BCUT2D eigenvalue weighted by Crippen LogP contribution is -2.13. The van der Waals surface area contributed by atoms with Crippen molar-refractivity contribution in [3.63, 3.8) is 0 Å². The van der Waals surface area contributed by atoms with Gasteiger partial charge in [-0.1, -0.05) is 127 Å². The van der Waals surface area contributed by atoms with Crippen molar-refractivity contribution in [2.45, 2.75) is 25.8 Å². The Morgan fingerprint density at radius 1 is 0.633 bits per heavy atom. The highest BCUT2D eigenvalue weighted by Crippen LogP contribution is 2.37. The lowest BCUT2D eigenvalue weighted by molar-refractivity contribution is -0.134. The van der Waals surface area contributed by atoms with Gasteiger partial charge in [0.2, 0.25) is 0 Å². The van der Waals surface area contributed by atoms with E-state index >= 15 is 0 Å². The van der Waals surface area contributed by atoms with Crippen molar-refractivity contribution >= 4 is 28.0 Å². The molecule has 0 unspecified atom stereocenters. The van der Waals surface area contributed by atoms with E-state index in [-0.39, 0.29) is 12.4 Å². The number of carbonyl (C=O) groups is 1. The van der Waals surface area contributed by atoms with Crippen LogP contribution in [0.4, 0.5) is 0 Å². The fourth-order valence-electron chi connectivity index (χ4n) is 6.54. The van der Waals surface area contributed by atoms with Crippen molar-refractivity contribution in [1.29, 1.82) is 0 Å². The number of rotatable bonds is 10. The van der Waals surface area contributed by atoms with Crippen molar-refractivity contribution in [2.75, 3.05) is 0 Å². The SMILES string of the molecule is O=C(CCn1c(Cc2ccccc2)nc2cc(-c3ccc(-c4c(Cc5ccccc5)oc5ccccc45)cc3)ccc21)Oc1ccccc1. The molecule has 0 fully saturated rings. The summed E-state index contributed by atoms with van der Waals surface area (Å²) in [6, 6.07) is 53.3. The second-order valence-corrected chi connectivity index (χ2v) is 12.2. The number of esters is 1. The average Bonchev–Trinajstić information content (AvgIpc) is 3.68. The summed E-state index contributed by atoms with van der Waals surface area (Å²) in [6.07, 6.45) is 1.62. The fraction of sp³-hybridized carbons (Fsp3) is 0.0909. The number of furan rings is 1. The second kappa shape index (κ2) is 13.5. The van der Waals surface area contributed by atoms with E-state index in [9.17, 15) is 4.79 Å². The standard InChI is InChI=1S/C44H34N2O3/c47-43(48-36-16-8-3-9-17-36)26-27-46-39-25-24-35(30-38(39)45-42(46)29-32-14-6-2-7-15-32)33-20-22-34(23-21-33)44-37-18-10-11-19-40(37)49-41(44)28-31-12-4-1-5-13-31/h1-25,30H,26-29H2. The van der Waals surface area contributed by atoms with Gasteiger partial charge in [-0.3, -0.25) is 4.79 Å². The van der Waals surface area contributed by atoms with Gasteiger partial charge in [0.1, 0.15) is 22.9 Å². The molecule has 0 N–H and O–H groups in total. The van der Waals surface area contributed by atoms with Crippen LogP contribution >= 0.6 is 0 Å². The van der Waals surface area contributed by atoms with Crippen LogP contribution in [0.5, 0.6) is 5.75 Å². The average molecular weight is 639 g/mol. The fourth-order valence-corrected chi connectivity index (χ4v) is 6.54. The number of imidazole rings is 1. The van der Waals surface area contributed by atoms with E-state index in [1.165, 1.54) is 11.1 Å². The summed E-state index contributed by atoms with van der Waals surface area (Å²) in [5, 5.41) is 1.12. The molecule has 0 spiro atoms. The van der Waals surface area contributed by atoms with Crippen molar-refractivity contribution in [1.82, 2.24) is 9.55 Å². The van der Waals surface area contributed by atoms with Crippen LogP contribution in [0.3, 0.4) is 0 Å². The minimum Gasteiger partial charge on any atom is -0.460 e.